The summed E-state index contributed by atoms with van der Waals surface area (Å²) in [5.74, 6) is -0.325. The van der Waals surface area contributed by atoms with E-state index < -0.39 is 0 Å². The Balaban J connectivity index is 2.13. The molecule has 0 spiro atoms. The number of nitrogens with zero attached hydrogens (tertiary/aromatic N) is 1. The second-order valence-electron chi connectivity index (χ2n) is 3.59. The SMILES string of the molecule is O=C1CCNC(=S)N1Cc1cccc(F)c1. The first-order valence-corrected chi connectivity index (χ1v) is 5.40. The van der Waals surface area contributed by atoms with Crippen molar-refractivity contribution in [3.8, 4) is 0 Å². The summed E-state index contributed by atoms with van der Waals surface area (Å²) in [6.45, 7) is 0.903. The van der Waals surface area contributed by atoms with Gasteiger partial charge in [-0.3, -0.25) is 9.69 Å². The van der Waals surface area contributed by atoms with Gasteiger partial charge in [0.15, 0.2) is 5.11 Å². The highest BCUT2D eigenvalue weighted by Gasteiger charge is 2.22. The highest BCUT2D eigenvalue weighted by atomic mass is 32.1. The Bertz CT molecular complexity index is 420. The molecule has 16 heavy (non-hydrogen) atoms. The van der Waals surface area contributed by atoms with Gasteiger partial charge in [0.2, 0.25) is 5.91 Å². The Morgan fingerprint density at radius 1 is 1.50 bits per heavy atom. The first-order chi connectivity index (χ1) is 7.66. The number of carbonyl (C=O) groups is 1. The van der Waals surface area contributed by atoms with Crippen LogP contribution in [0.1, 0.15) is 12.0 Å². The standard InChI is InChI=1S/C11H11FN2OS/c12-9-3-1-2-8(6-9)7-14-10(15)4-5-13-11(14)16/h1-3,6H,4-5,7H2,(H,13,16). The van der Waals surface area contributed by atoms with Crippen LogP contribution >= 0.6 is 12.2 Å². The summed E-state index contributed by atoms with van der Waals surface area (Å²) in [4.78, 5) is 13.1. The minimum atomic E-state index is -0.305. The van der Waals surface area contributed by atoms with Crippen molar-refractivity contribution >= 4 is 23.2 Å². The largest absolute Gasteiger partial charge is 0.362 e. The second-order valence-corrected chi connectivity index (χ2v) is 3.98. The van der Waals surface area contributed by atoms with E-state index in [4.69, 9.17) is 12.2 Å². The summed E-state index contributed by atoms with van der Waals surface area (Å²) in [6, 6.07) is 6.17. The van der Waals surface area contributed by atoms with Crippen molar-refractivity contribution in [1.29, 1.82) is 0 Å². The van der Waals surface area contributed by atoms with Gasteiger partial charge in [-0.05, 0) is 29.9 Å². The molecule has 0 bridgehead atoms. The number of carbonyl (C=O) groups excluding carboxylic acids is 1. The number of hydrogen-bond acceptors (Lipinski definition) is 2. The lowest BCUT2D eigenvalue weighted by Gasteiger charge is -2.28. The van der Waals surface area contributed by atoms with Gasteiger partial charge in [-0.1, -0.05) is 12.1 Å². The molecule has 1 amide bonds. The van der Waals surface area contributed by atoms with Crippen LogP contribution < -0.4 is 5.32 Å². The number of thiocarbonyl (C=S) groups is 1. The van der Waals surface area contributed by atoms with E-state index in [1.807, 2.05) is 0 Å². The monoisotopic (exact) mass is 238 g/mol. The van der Waals surface area contributed by atoms with Crippen LogP contribution in [0.2, 0.25) is 0 Å². The van der Waals surface area contributed by atoms with E-state index >= 15 is 0 Å². The lowest BCUT2D eigenvalue weighted by molar-refractivity contribution is -0.128. The van der Waals surface area contributed by atoms with E-state index in [-0.39, 0.29) is 11.7 Å². The fourth-order valence-electron chi connectivity index (χ4n) is 1.60. The molecule has 1 aliphatic heterocycles. The van der Waals surface area contributed by atoms with Gasteiger partial charge in [-0.15, -0.1) is 0 Å². The van der Waals surface area contributed by atoms with Crippen molar-refractivity contribution in [2.75, 3.05) is 6.54 Å². The molecule has 0 atom stereocenters. The first-order valence-electron chi connectivity index (χ1n) is 4.99. The third-order valence-electron chi connectivity index (χ3n) is 2.39. The van der Waals surface area contributed by atoms with E-state index in [1.165, 1.54) is 17.0 Å². The fourth-order valence-corrected chi connectivity index (χ4v) is 1.87. The fraction of sp³-hybridized carbons (Fsp3) is 0.273. The summed E-state index contributed by atoms with van der Waals surface area (Å²) in [5, 5.41) is 3.36. The van der Waals surface area contributed by atoms with Crippen molar-refractivity contribution in [1.82, 2.24) is 10.2 Å². The lowest BCUT2D eigenvalue weighted by atomic mass is 10.2. The molecule has 84 valence electrons. The highest BCUT2D eigenvalue weighted by molar-refractivity contribution is 7.80. The molecule has 1 aromatic carbocycles. The maximum Gasteiger partial charge on any atom is 0.230 e. The smallest absolute Gasteiger partial charge is 0.230 e. The topological polar surface area (TPSA) is 32.3 Å². The predicted octanol–water partition coefficient (Wildman–Crippen LogP) is 1.43. The van der Waals surface area contributed by atoms with Crippen molar-refractivity contribution < 1.29 is 9.18 Å². The molecule has 2 rings (SSSR count). The molecule has 1 N–H and O–H groups in total. The van der Waals surface area contributed by atoms with Gasteiger partial charge >= 0.3 is 0 Å². The predicted molar refractivity (Wildman–Crippen MR) is 62.2 cm³/mol. The molecule has 3 nitrogen and oxygen atoms in total. The Labute approximate surface area is 98.2 Å². The van der Waals surface area contributed by atoms with Crippen molar-refractivity contribution in [3.05, 3.63) is 35.6 Å². The highest BCUT2D eigenvalue weighted by Crippen LogP contribution is 2.10. The quantitative estimate of drug-likeness (QED) is 0.791. The molecule has 0 aromatic heterocycles. The Hall–Kier alpha value is -1.49. The molecule has 1 fully saturated rings. The van der Waals surface area contributed by atoms with Gasteiger partial charge in [-0.25, -0.2) is 4.39 Å². The minimum absolute atomic E-state index is 0.0204. The van der Waals surface area contributed by atoms with Gasteiger partial charge in [-0.2, -0.15) is 0 Å². The molecular weight excluding hydrogens is 227 g/mol. The van der Waals surface area contributed by atoms with Gasteiger partial charge in [0.1, 0.15) is 5.82 Å². The van der Waals surface area contributed by atoms with Gasteiger partial charge < -0.3 is 5.32 Å². The lowest BCUT2D eigenvalue weighted by Crippen LogP contribution is -2.49. The molecule has 0 saturated carbocycles. The second kappa shape index (κ2) is 4.57. The van der Waals surface area contributed by atoms with Crippen molar-refractivity contribution in [2.45, 2.75) is 13.0 Å². The van der Waals surface area contributed by atoms with Crippen LogP contribution in [0.25, 0.3) is 0 Å². The van der Waals surface area contributed by atoms with E-state index in [9.17, 15) is 9.18 Å². The maximum atomic E-state index is 13.0. The zero-order valence-electron chi connectivity index (χ0n) is 8.57. The van der Waals surface area contributed by atoms with E-state index in [0.717, 1.165) is 5.56 Å². The van der Waals surface area contributed by atoms with Crippen LogP contribution in [0.15, 0.2) is 24.3 Å². The molecule has 1 aliphatic rings. The van der Waals surface area contributed by atoms with Crippen LogP contribution in [0.5, 0.6) is 0 Å². The molecule has 0 radical (unpaired) electrons. The summed E-state index contributed by atoms with van der Waals surface area (Å²) in [6.07, 6.45) is 0.426. The van der Waals surface area contributed by atoms with Crippen molar-refractivity contribution in [2.24, 2.45) is 0 Å². The summed E-state index contributed by atoms with van der Waals surface area (Å²) >= 11 is 5.04. The average Bonchev–Trinajstić information content (AvgIpc) is 2.24. The Morgan fingerprint density at radius 2 is 2.31 bits per heavy atom. The molecule has 1 aromatic rings. The molecule has 5 heteroatoms. The molecule has 0 unspecified atom stereocenters. The number of rotatable bonds is 2. The van der Waals surface area contributed by atoms with Crippen molar-refractivity contribution in [3.63, 3.8) is 0 Å². The first kappa shape index (κ1) is 11.0. The minimum Gasteiger partial charge on any atom is -0.362 e. The van der Waals surface area contributed by atoms with E-state index in [0.29, 0.717) is 24.6 Å². The summed E-state index contributed by atoms with van der Waals surface area (Å²) < 4.78 is 13.0. The van der Waals surface area contributed by atoms with E-state index in [2.05, 4.69) is 5.32 Å². The molecular formula is C11H11FN2OS. The third-order valence-corrected chi connectivity index (χ3v) is 2.76. The number of benzene rings is 1. The van der Waals surface area contributed by atoms with Gasteiger partial charge in [0.05, 0.1) is 6.54 Å². The van der Waals surface area contributed by atoms with Gasteiger partial charge in [0, 0.05) is 13.0 Å². The molecule has 1 saturated heterocycles. The van der Waals surface area contributed by atoms with Gasteiger partial charge in [0.25, 0.3) is 0 Å². The average molecular weight is 238 g/mol. The van der Waals surface area contributed by atoms with Crippen LogP contribution in [0, 0.1) is 5.82 Å². The van der Waals surface area contributed by atoms with Crippen LogP contribution in [0.4, 0.5) is 4.39 Å². The van der Waals surface area contributed by atoms with Crippen LogP contribution in [0.3, 0.4) is 0 Å². The molecule has 0 aliphatic carbocycles. The maximum absolute atomic E-state index is 13.0. The number of hydrogen-bond donors (Lipinski definition) is 1. The Morgan fingerprint density at radius 3 is 3.00 bits per heavy atom. The zero-order chi connectivity index (χ0) is 11.5. The normalized spacial score (nSPS) is 16.2. The third kappa shape index (κ3) is 2.36. The van der Waals surface area contributed by atoms with E-state index in [1.54, 1.807) is 12.1 Å². The zero-order valence-corrected chi connectivity index (χ0v) is 9.39. The summed E-state index contributed by atoms with van der Waals surface area (Å²) in [5.41, 5.74) is 0.736. The Kier molecular flexibility index (Phi) is 3.14. The van der Waals surface area contributed by atoms with Crippen LogP contribution in [-0.4, -0.2) is 22.5 Å². The number of amides is 1. The number of nitrogens with one attached hydrogen (secondary N) is 1. The summed E-state index contributed by atoms with van der Waals surface area (Å²) in [7, 11) is 0. The number of halogens is 1. The molecule has 1 heterocycles. The van der Waals surface area contributed by atoms with Crippen LogP contribution in [-0.2, 0) is 11.3 Å².